The van der Waals surface area contributed by atoms with Crippen LogP contribution in [0.1, 0.15) is 29.2 Å². The second-order valence-corrected chi connectivity index (χ2v) is 7.88. The number of hydrogen-bond acceptors (Lipinski definition) is 6. The van der Waals surface area contributed by atoms with E-state index in [1.165, 1.54) is 13.3 Å². The maximum absolute atomic E-state index is 15.3. The van der Waals surface area contributed by atoms with Crippen molar-refractivity contribution < 1.29 is 18.7 Å². The minimum atomic E-state index is -0.772. The smallest absolute Gasteiger partial charge is 0.343 e. The Morgan fingerprint density at radius 2 is 2.10 bits per heavy atom. The normalized spacial score (nSPS) is 19.5. The summed E-state index contributed by atoms with van der Waals surface area (Å²) in [5.74, 6) is -1.63. The third-order valence-corrected chi connectivity index (χ3v) is 5.95. The molecule has 1 amide bonds. The zero-order valence-corrected chi connectivity index (χ0v) is 17.4. The Balaban J connectivity index is 1.93. The van der Waals surface area contributed by atoms with Crippen LogP contribution >= 0.6 is 11.6 Å². The molecule has 1 saturated carbocycles. The number of aromatic nitrogens is 1. The zero-order chi connectivity index (χ0) is 21.6. The summed E-state index contributed by atoms with van der Waals surface area (Å²) in [5, 5.41) is 5.82. The van der Waals surface area contributed by atoms with Crippen LogP contribution in [0.3, 0.4) is 0 Å². The van der Waals surface area contributed by atoms with Crippen LogP contribution in [0.5, 0.6) is 0 Å². The molecule has 2 aromatic rings. The standard InChI is InChI=1S/C20H22ClFN4O4/c1-23-14-9-25(6-5-24-19(14)28)17-13(22)7-11-16(15(17)21)26(10-3-4-10)8-12(18(11)27)20(29)30-2/h7-8,10,14,23H,3-6,9H2,1-2H3,(H,24,28). The van der Waals surface area contributed by atoms with Gasteiger partial charge >= 0.3 is 5.97 Å². The lowest BCUT2D eigenvalue weighted by Crippen LogP contribution is -2.45. The molecule has 4 rings (SSSR count). The SMILES string of the molecule is CNC1CN(c2c(F)cc3c(=O)c(C(=O)OC)cn(C4CC4)c3c2Cl)CCNC1=O. The van der Waals surface area contributed by atoms with Crippen LogP contribution in [0.15, 0.2) is 17.1 Å². The van der Waals surface area contributed by atoms with E-state index >= 15 is 4.39 Å². The molecule has 1 aliphatic heterocycles. The highest BCUT2D eigenvalue weighted by atomic mass is 35.5. The molecule has 8 nitrogen and oxygen atoms in total. The summed E-state index contributed by atoms with van der Waals surface area (Å²) in [6.45, 7) is 0.917. The summed E-state index contributed by atoms with van der Waals surface area (Å²) in [5.41, 5.74) is -0.250. The Morgan fingerprint density at radius 1 is 1.37 bits per heavy atom. The lowest BCUT2D eigenvalue weighted by atomic mass is 10.1. The summed E-state index contributed by atoms with van der Waals surface area (Å²) in [4.78, 5) is 38.8. The Hall–Kier alpha value is -2.65. The van der Waals surface area contributed by atoms with Crippen molar-refractivity contribution in [2.75, 3.05) is 38.7 Å². The Bertz CT molecular complexity index is 1100. The van der Waals surface area contributed by atoms with Crippen LogP contribution in [0.25, 0.3) is 10.9 Å². The Labute approximate surface area is 176 Å². The third-order valence-electron chi connectivity index (χ3n) is 5.59. The van der Waals surface area contributed by atoms with Gasteiger partial charge in [0.25, 0.3) is 0 Å². The minimum absolute atomic E-state index is 0.0326. The van der Waals surface area contributed by atoms with Crippen molar-refractivity contribution >= 4 is 40.1 Å². The number of ether oxygens (including phenoxy) is 1. The molecule has 1 aromatic heterocycles. The van der Waals surface area contributed by atoms with E-state index in [9.17, 15) is 14.4 Å². The van der Waals surface area contributed by atoms with Crippen molar-refractivity contribution in [2.45, 2.75) is 24.9 Å². The molecule has 1 aliphatic carbocycles. The highest BCUT2D eigenvalue weighted by Gasteiger charge is 2.32. The number of benzene rings is 1. The fraction of sp³-hybridized carbons (Fsp3) is 0.450. The van der Waals surface area contributed by atoms with Gasteiger partial charge in [-0.05, 0) is 26.0 Å². The summed E-state index contributed by atoms with van der Waals surface area (Å²) < 4.78 is 21.7. The highest BCUT2D eigenvalue weighted by molar-refractivity contribution is 6.38. The second kappa shape index (κ2) is 7.88. The molecule has 0 bridgehead atoms. The number of methoxy groups -OCH3 is 1. The number of anilines is 1. The average molecular weight is 437 g/mol. The van der Waals surface area contributed by atoms with Gasteiger partial charge < -0.3 is 24.8 Å². The molecule has 0 spiro atoms. The molecular weight excluding hydrogens is 415 g/mol. The van der Waals surface area contributed by atoms with Gasteiger partial charge in [0.1, 0.15) is 17.4 Å². The van der Waals surface area contributed by atoms with Crippen molar-refractivity contribution in [3.63, 3.8) is 0 Å². The van der Waals surface area contributed by atoms with Crippen LogP contribution in [0.4, 0.5) is 10.1 Å². The first-order valence-corrected chi connectivity index (χ1v) is 10.1. The predicted molar refractivity (Wildman–Crippen MR) is 111 cm³/mol. The number of esters is 1. The number of halogens is 2. The predicted octanol–water partition coefficient (Wildman–Crippen LogP) is 1.44. The molecule has 1 saturated heterocycles. The van der Waals surface area contributed by atoms with E-state index in [4.69, 9.17) is 16.3 Å². The highest BCUT2D eigenvalue weighted by Crippen LogP contribution is 2.42. The molecule has 2 aliphatic rings. The number of pyridine rings is 1. The molecule has 10 heteroatoms. The number of likely N-dealkylation sites (N-methyl/N-ethyl adjacent to an activating group) is 1. The van der Waals surface area contributed by atoms with Gasteiger partial charge in [-0.1, -0.05) is 11.6 Å². The van der Waals surface area contributed by atoms with Gasteiger partial charge in [-0.3, -0.25) is 9.59 Å². The topological polar surface area (TPSA) is 92.7 Å². The van der Waals surface area contributed by atoms with E-state index in [1.807, 2.05) is 0 Å². The first-order valence-electron chi connectivity index (χ1n) is 9.72. The van der Waals surface area contributed by atoms with Crippen LogP contribution < -0.4 is 21.0 Å². The number of hydrogen-bond donors (Lipinski definition) is 2. The van der Waals surface area contributed by atoms with Crippen molar-refractivity contribution in [1.82, 2.24) is 15.2 Å². The average Bonchev–Trinajstić information content (AvgIpc) is 3.57. The largest absolute Gasteiger partial charge is 0.465 e. The number of carbonyl (C=O) groups excluding carboxylic acids is 2. The molecule has 0 radical (unpaired) electrons. The van der Waals surface area contributed by atoms with Gasteiger partial charge in [0.15, 0.2) is 0 Å². The lowest BCUT2D eigenvalue weighted by Gasteiger charge is -2.27. The summed E-state index contributed by atoms with van der Waals surface area (Å²) in [7, 11) is 2.85. The fourth-order valence-electron chi connectivity index (χ4n) is 3.87. The van der Waals surface area contributed by atoms with E-state index < -0.39 is 23.3 Å². The van der Waals surface area contributed by atoms with E-state index in [0.29, 0.717) is 18.6 Å². The van der Waals surface area contributed by atoms with E-state index in [1.54, 1.807) is 16.5 Å². The maximum atomic E-state index is 15.3. The van der Waals surface area contributed by atoms with E-state index in [2.05, 4.69) is 10.6 Å². The zero-order valence-electron chi connectivity index (χ0n) is 16.6. The molecule has 160 valence electrons. The van der Waals surface area contributed by atoms with Gasteiger partial charge in [0.05, 0.1) is 28.7 Å². The van der Waals surface area contributed by atoms with Crippen LogP contribution in [-0.4, -0.2) is 56.3 Å². The number of nitrogens with zero attached hydrogens (tertiary/aromatic N) is 2. The number of nitrogens with one attached hydrogen (secondary N) is 2. The molecule has 2 N–H and O–H groups in total. The van der Waals surface area contributed by atoms with Crippen molar-refractivity contribution in [3.8, 4) is 0 Å². The van der Waals surface area contributed by atoms with Crippen molar-refractivity contribution in [3.05, 3.63) is 38.9 Å². The van der Waals surface area contributed by atoms with Crippen LogP contribution in [-0.2, 0) is 9.53 Å². The number of rotatable bonds is 4. The molecule has 30 heavy (non-hydrogen) atoms. The quantitative estimate of drug-likeness (QED) is 0.705. The first kappa shape index (κ1) is 20.6. The maximum Gasteiger partial charge on any atom is 0.343 e. The molecule has 1 atom stereocenters. The summed E-state index contributed by atoms with van der Waals surface area (Å²) in [6, 6.07) is 0.661. The van der Waals surface area contributed by atoms with Crippen molar-refractivity contribution in [2.24, 2.45) is 0 Å². The molecule has 2 fully saturated rings. The Morgan fingerprint density at radius 3 is 2.73 bits per heavy atom. The molecule has 1 aromatic carbocycles. The van der Waals surface area contributed by atoms with Crippen molar-refractivity contribution in [1.29, 1.82) is 0 Å². The number of amides is 1. The monoisotopic (exact) mass is 436 g/mol. The fourth-order valence-corrected chi connectivity index (χ4v) is 4.28. The third kappa shape index (κ3) is 3.41. The van der Waals surface area contributed by atoms with Gasteiger partial charge in [0.2, 0.25) is 11.3 Å². The minimum Gasteiger partial charge on any atom is -0.465 e. The molecule has 1 unspecified atom stereocenters. The Kier molecular flexibility index (Phi) is 5.42. The number of fused-ring (bicyclic) bond motifs is 1. The molecule has 2 heterocycles. The van der Waals surface area contributed by atoms with E-state index in [0.717, 1.165) is 18.9 Å². The van der Waals surface area contributed by atoms with Gasteiger partial charge in [-0.15, -0.1) is 0 Å². The summed E-state index contributed by atoms with van der Waals surface area (Å²) >= 11 is 6.69. The first-order chi connectivity index (χ1) is 14.4. The second-order valence-electron chi connectivity index (χ2n) is 7.50. The van der Waals surface area contributed by atoms with Gasteiger partial charge in [-0.25, -0.2) is 9.18 Å². The lowest BCUT2D eigenvalue weighted by molar-refractivity contribution is -0.122. The van der Waals surface area contributed by atoms with Crippen LogP contribution in [0.2, 0.25) is 5.02 Å². The van der Waals surface area contributed by atoms with Gasteiger partial charge in [0, 0.05) is 31.9 Å². The number of carbonyl (C=O) groups is 2. The van der Waals surface area contributed by atoms with E-state index in [-0.39, 0.29) is 40.2 Å². The van der Waals surface area contributed by atoms with Crippen LogP contribution in [0, 0.1) is 5.82 Å². The summed E-state index contributed by atoms with van der Waals surface area (Å²) in [6.07, 6.45) is 3.18. The molecular formula is C20H22ClFN4O4. The van der Waals surface area contributed by atoms with Gasteiger partial charge in [-0.2, -0.15) is 0 Å².